The third kappa shape index (κ3) is 5.64. The maximum absolute atomic E-state index is 12.6. The van der Waals surface area contributed by atoms with Crippen LogP contribution in [0.2, 0.25) is 0 Å². The lowest BCUT2D eigenvalue weighted by Gasteiger charge is -2.25. The fourth-order valence-electron chi connectivity index (χ4n) is 3.12. The van der Waals surface area contributed by atoms with E-state index < -0.39 is 10.0 Å². The molecular formula is C21H26N2O4S. The van der Waals surface area contributed by atoms with Crippen molar-refractivity contribution in [3.05, 3.63) is 65.7 Å². The summed E-state index contributed by atoms with van der Waals surface area (Å²) >= 11 is 0. The van der Waals surface area contributed by atoms with Gasteiger partial charge in [0.2, 0.25) is 15.9 Å². The second-order valence-corrected chi connectivity index (χ2v) is 8.80. The van der Waals surface area contributed by atoms with Gasteiger partial charge in [-0.1, -0.05) is 48.9 Å². The van der Waals surface area contributed by atoms with Gasteiger partial charge in [0.25, 0.3) is 0 Å². The van der Waals surface area contributed by atoms with Crippen LogP contribution in [0, 0.1) is 0 Å². The number of sulfonamides is 1. The number of rotatable bonds is 8. The minimum absolute atomic E-state index is 0.0175. The Kier molecular flexibility index (Phi) is 7.19. The van der Waals surface area contributed by atoms with Crippen molar-refractivity contribution in [2.45, 2.75) is 37.3 Å². The van der Waals surface area contributed by atoms with E-state index in [4.69, 9.17) is 4.74 Å². The summed E-state index contributed by atoms with van der Waals surface area (Å²) in [6, 6.07) is 16.4. The lowest BCUT2D eigenvalue weighted by Crippen LogP contribution is -2.35. The van der Waals surface area contributed by atoms with Crippen LogP contribution in [0.15, 0.2) is 59.5 Å². The quantitative estimate of drug-likeness (QED) is 0.737. The van der Waals surface area contributed by atoms with E-state index in [9.17, 15) is 13.2 Å². The number of nitrogens with zero attached hydrogens (tertiary/aromatic N) is 1. The van der Waals surface area contributed by atoms with Gasteiger partial charge in [-0.05, 0) is 36.1 Å². The molecule has 0 spiro atoms. The predicted octanol–water partition coefficient (Wildman–Crippen LogP) is 2.69. The van der Waals surface area contributed by atoms with Gasteiger partial charge in [-0.3, -0.25) is 4.79 Å². The third-order valence-corrected chi connectivity index (χ3v) is 6.62. The van der Waals surface area contributed by atoms with Crippen LogP contribution in [-0.2, 0) is 32.7 Å². The number of carbonyl (C=O) groups is 1. The van der Waals surface area contributed by atoms with E-state index in [-0.39, 0.29) is 12.5 Å². The molecule has 0 aliphatic carbocycles. The van der Waals surface area contributed by atoms with E-state index in [0.717, 1.165) is 30.4 Å². The van der Waals surface area contributed by atoms with E-state index in [2.05, 4.69) is 5.32 Å². The topological polar surface area (TPSA) is 75.7 Å². The Bertz CT molecular complexity index is 861. The Hall–Kier alpha value is -2.22. The monoisotopic (exact) mass is 402 g/mol. The molecule has 28 heavy (non-hydrogen) atoms. The molecule has 2 aromatic rings. The first-order chi connectivity index (χ1) is 13.6. The van der Waals surface area contributed by atoms with Gasteiger partial charge in [0, 0.05) is 19.6 Å². The SMILES string of the molecule is O=C(COCc1ccccc1)NCc1ccc(S(=O)(=O)N2CCCCC2)cc1. The Morgan fingerprint density at radius 1 is 0.929 bits per heavy atom. The molecule has 1 fully saturated rings. The molecule has 0 saturated carbocycles. The second kappa shape index (κ2) is 9.82. The number of ether oxygens (including phenoxy) is 1. The molecule has 2 aromatic carbocycles. The minimum atomic E-state index is -3.42. The third-order valence-electron chi connectivity index (χ3n) is 4.71. The van der Waals surface area contributed by atoms with E-state index in [1.807, 2.05) is 30.3 Å². The molecule has 0 atom stereocenters. The average Bonchev–Trinajstić information content (AvgIpc) is 2.74. The Balaban J connectivity index is 1.45. The molecule has 1 amide bonds. The Labute approximate surface area is 166 Å². The van der Waals surface area contributed by atoms with Crippen LogP contribution in [0.25, 0.3) is 0 Å². The standard InChI is InChI=1S/C21H26N2O4S/c24-21(17-27-16-19-7-3-1-4-8-19)22-15-18-9-11-20(12-10-18)28(25,26)23-13-5-2-6-14-23/h1,3-4,7-12H,2,5-6,13-17H2,(H,22,24). The number of hydrogen-bond donors (Lipinski definition) is 1. The zero-order valence-corrected chi connectivity index (χ0v) is 16.7. The summed E-state index contributed by atoms with van der Waals surface area (Å²) < 4.78 is 32.2. The van der Waals surface area contributed by atoms with Gasteiger partial charge in [-0.2, -0.15) is 4.31 Å². The van der Waals surface area contributed by atoms with Crippen LogP contribution in [0.4, 0.5) is 0 Å². The van der Waals surface area contributed by atoms with Crippen LogP contribution in [0.5, 0.6) is 0 Å². The lowest BCUT2D eigenvalue weighted by atomic mass is 10.2. The highest BCUT2D eigenvalue weighted by Gasteiger charge is 2.25. The van der Waals surface area contributed by atoms with Crippen molar-refractivity contribution >= 4 is 15.9 Å². The summed E-state index contributed by atoms with van der Waals surface area (Å²) in [5.41, 5.74) is 1.86. The Morgan fingerprint density at radius 3 is 2.29 bits per heavy atom. The van der Waals surface area contributed by atoms with Crippen molar-refractivity contribution in [3.63, 3.8) is 0 Å². The van der Waals surface area contributed by atoms with Crippen molar-refractivity contribution in [1.29, 1.82) is 0 Å². The van der Waals surface area contributed by atoms with E-state index in [1.54, 1.807) is 28.6 Å². The smallest absolute Gasteiger partial charge is 0.246 e. The molecule has 1 aliphatic rings. The van der Waals surface area contributed by atoms with Gasteiger partial charge in [0.1, 0.15) is 6.61 Å². The normalized spacial score (nSPS) is 15.3. The average molecular weight is 403 g/mol. The van der Waals surface area contributed by atoms with Crippen LogP contribution in [0.1, 0.15) is 30.4 Å². The summed E-state index contributed by atoms with van der Waals surface area (Å²) in [4.78, 5) is 12.2. The number of nitrogens with one attached hydrogen (secondary N) is 1. The molecule has 0 aromatic heterocycles. The zero-order valence-electron chi connectivity index (χ0n) is 15.8. The fourth-order valence-corrected chi connectivity index (χ4v) is 4.64. The molecule has 1 aliphatic heterocycles. The zero-order chi connectivity index (χ0) is 19.8. The van der Waals surface area contributed by atoms with Crippen molar-refractivity contribution < 1.29 is 17.9 Å². The maximum atomic E-state index is 12.6. The summed E-state index contributed by atoms with van der Waals surface area (Å²) in [5, 5.41) is 2.78. The number of benzene rings is 2. The minimum Gasteiger partial charge on any atom is -0.367 e. The van der Waals surface area contributed by atoms with Crippen molar-refractivity contribution in [2.24, 2.45) is 0 Å². The largest absolute Gasteiger partial charge is 0.367 e. The van der Waals surface area contributed by atoms with Gasteiger partial charge in [0.05, 0.1) is 11.5 Å². The highest BCUT2D eigenvalue weighted by molar-refractivity contribution is 7.89. The maximum Gasteiger partial charge on any atom is 0.246 e. The summed E-state index contributed by atoms with van der Waals surface area (Å²) in [6.07, 6.45) is 2.91. The van der Waals surface area contributed by atoms with Crippen LogP contribution >= 0.6 is 0 Å². The lowest BCUT2D eigenvalue weighted by molar-refractivity contribution is -0.126. The number of hydrogen-bond acceptors (Lipinski definition) is 4. The molecule has 150 valence electrons. The fraction of sp³-hybridized carbons (Fsp3) is 0.381. The van der Waals surface area contributed by atoms with Gasteiger partial charge in [-0.15, -0.1) is 0 Å². The Morgan fingerprint density at radius 2 is 1.61 bits per heavy atom. The molecule has 7 heteroatoms. The van der Waals surface area contributed by atoms with E-state index in [0.29, 0.717) is 31.1 Å². The first-order valence-corrected chi connectivity index (χ1v) is 11.0. The molecule has 6 nitrogen and oxygen atoms in total. The highest BCUT2D eigenvalue weighted by Crippen LogP contribution is 2.20. The van der Waals surface area contributed by atoms with Gasteiger partial charge in [-0.25, -0.2) is 8.42 Å². The van der Waals surface area contributed by atoms with Crippen molar-refractivity contribution in [1.82, 2.24) is 9.62 Å². The predicted molar refractivity (Wildman–Crippen MR) is 107 cm³/mol. The van der Waals surface area contributed by atoms with Crippen molar-refractivity contribution in [3.8, 4) is 0 Å². The van der Waals surface area contributed by atoms with Crippen LogP contribution in [-0.4, -0.2) is 38.3 Å². The molecule has 0 unspecified atom stereocenters. The summed E-state index contributed by atoms with van der Waals surface area (Å²) in [6.45, 7) is 1.87. The van der Waals surface area contributed by atoms with Crippen LogP contribution in [0.3, 0.4) is 0 Å². The first kappa shape index (κ1) is 20.5. The van der Waals surface area contributed by atoms with Crippen LogP contribution < -0.4 is 5.32 Å². The molecule has 1 heterocycles. The van der Waals surface area contributed by atoms with Crippen molar-refractivity contribution in [2.75, 3.05) is 19.7 Å². The number of piperidine rings is 1. The molecule has 1 saturated heterocycles. The van der Waals surface area contributed by atoms with Gasteiger partial charge in [0.15, 0.2) is 0 Å². The van der Waals surface area contributed by atoms with E-state index in [1.165, 1.54) is 0 Å². The molecular weight excluding hydrogens is 376 g/mol. The molecule has 0 bridgehead atoms. The molecule has 1 N–H and O–H groups in total. The molecule has 0 radical (unpaired) electrons. The van der Waals surface area contributed by atoms with Gasteiger partial charge >= 0.3 is 0 Å². The highest BCUT2D eigenvalue weighted by atomic mass is 32.2. The van der Waals surface area contributed by atoms with E-state index >= 15 is 0 Å². The summed E-state index contributed by atoms with van der Waals surface area (Å²) in [7, 11) is -3.42. The second-order valence-electron chi connectivity index (χ2n) is 6.86. The first-order valence-electron chi connectivity index (χ1n) is 9.53. The summed E-state index contributed by atoms with van der Waals surface area (Å²) in [5.74, 6) is -0.207. The number of amides is 1. The van der Waals surface area contributed by atoms with Gasteiger partial charge < -0.3 is 10.1 Å². The number of carbonyl (C=O) groups excluding carboxylic acids is 1. The molecule has 3 rings (SSSR count).